The number of nitro benzene ring substituents is 1. The third-order valence-electron chi connectivity index (χ3n) is 3.62. The second kappa shape index (κ2) is 7.23. The SMILES string of the molecule is CCOc1cc(/C=N\n2cnnc2-n2nc(C)cc2C)cc([N+](=O)[O-])c1O. The molecule has 0 saturated carbocycles. The molecule has 0 saturated heterocycles. The standard InChI is InChI=1S/C16H17N7O4/c1-4-27-14-7-12(6-13(15(14)24)23(25)26)8-18-21-9-17-19-16(21)22-11(3)5-10(2)20-22/h5-9,24H,4H2,1-3H3/b18-8-. The van der Waals surface area contributed by atoms with Gasteiger partial charge in [0.05, 0.1) is 23.4 Å². The lowest BCUT2D eigenvalue weighted by Crippen LogP contribution is -2.06. The van der Waals surface area contributed by atoms with Crippen molar-refractivity contribution in [3.8, 4) is 17.4 Å². The molecule has 140 valence electrons. The van der Waals surface area contributed by atoms with Crippen molar-refractivity contribution < 1.29 is 14.8 Å². The summed E-state index contributed by atoms with van der Waals surface area (Å²) in [5.74, 6) is -0.141. The first-order valence-electron chi connectivity index (χ1n) is 8.03. The van der Waals surface area contributed by atoms with Crippen molar-refractivity contribution in [3.63, 3.8) is 0 Å². The first-order valence-corrected chi connectivity index (χ1v) is 8.03. The number of nitrogens with zero attached hydrogens (tertiary/aromatic N) is 7. The summed E-state index contributed by atoms with van der Waals surface area (Å²) < 4.78 is 8.23. The topological polar surface area (TPSA) is 133 Å². The fourth-order valence-corrected chi connectivity index (χ4v) is 2.50. The Morgan fingerprint density at radius 2 is 2.15 bits per heavy atom. The zero-order chi connectivity index (χ0) is 19.6. The minimum atomic E-state index is -0.685. The lowest BCUT2D eigenvalue weighted by atomic mass is 10.2. The molecule has 2 aromatic heterocycles. The smallest absolute Gasteiger partial charge is 0.315 e. The van der Waals surface area contributed by atoms with Crippen LogP contribution in [0.2, 0.25) is 0 Å². The van der Waals surface area contributed by atoms with Gasteiger partial charge in [-0.15, -0.1) is 10.2 Å². The monoisotopic (exact) mass is 371 g/mol. The number of aromatic nitrogens is 5. The lowest BCUT2D eigenvalue weighted by Gasteiger charge is -2.07. The van der Waals surface area contributed by atoms with Crippen LogP contribution in [0.4, 0.5) is 5.69 Å². The number of benzene rings is 1. The lowest BCUT2D eigenvalue weighted by molar-refractivity contribution is -0.386. The molecule has 0 fully saturated rings. The molecule has 0 aliphatic carbocycles. The molecule has 2 heterocycles. The van der Waals surface area contributed by atoms with E-state index in [1.165, 1.54) is 29.4 Å². The van der Waals surface area contributed by atoms with E-state index in [1.807, 2.05) is 19.9 Å². The van der Waals surface area contributed by atoms with Gasteiger partial charge in [0.1, 0.15) is 6.33 Å². The number of phenols is 1. The van der Waals surface area contributed by atoms with Gasteiger partial charge in [0.25, 0.3) is 5.95 Å². The van der Waals surface area contributed by atoms with Crippen LogP contribution in [0.3, 0.4) is 0 Å². The molecule has 3 aromatic rings. The summed E-state index contributed by atoms with van der Waals surface area (Å²) in [4.78, 5) is 10.5. The van der Waals surface area contributed by atoms with Gasteiger partial charge in [-0.25, -0.2) is 4.68 Å². The molecule has 0 spiro atoms. The Bertz CT molecular complexity index is 1020. The highest BCUT2D eigenvalue weighted by molar-refractivity contribution is 5.83. The predicted molar refractivity (Wildman–Crippen MR) is 95.5 cm³/mol. The maximum atomic E-state index is 11.2. The van der Waals surface area contributed by atoms with Gasteiger partial charge in [-0.3, -0.25) is 10.1 Å². The molecule has 11 heteroatoms. The van der Waals surface area contributed by atoms with Gasteiger partial charge in [0.15, 0.2) is 5.75 Å². The van der Waals surface area contributed by atoms with E-state index in [0.29, 0.717) is 11.5 Å². The molecule has 0 atom stereocenters. The molecule has 0 unspecified atom stereocenters. The van der Waals surface area contributed by atoms with Crippen LogP contribution < -0.4 is 4.74 Å². The predicted octanol–water partition coefficient (Wildman–Crippen LogP) is 1.98. The minimum Gasteiger partial charge on any atom is -0.500 e. The van der Waals surface area contributed by atoms with Gasteiger partial charge in [-0.05, 0) is 32.9 Å². The van der Waals surface area contributed by atoms with E-state index in [9.17, 15) is 15.2 Å². The maximum absolute atomic E-state index is 11.2. The third-order valence-corrected chi connectivity index (χ3v) is 3.62. The van der Waals surface area contributed by atoms with E-state index in [4.69, 9.17) is 4.74 Å². The Balaban J connectivity index is 1.99. The van der Waals surface area contributed by atoms with Crippen molar-refractivity contribution in [2.24, 2.45) is 5.10 Å². The Kier molecular flexibility index (Phi) is 4.83. The van der Waals surface area contributed by atoms with Crippen LogP contribution in [0.5, 0.6) is 11.5 Å². The van der Waals surface area contributed by atoms with E-state index in [1.54, 1.807) is 11.6 Å². The average Bonchev–Trinajstić information content (AvgIpc) is 3.20. The van der Waals surface area contributed by atoms with Crippen molar-refractivity contribution in [1.29, 1.82) is 0 Å². The number of nitro groups is 1. The van der Waals surface area contributed by atoms with E-state index < -0.39 is 16.4 Å². The fraction of sp³-hybridized carbons (Fsp3) is 0.250. The van der Waals surface area contributed by atoms with Crippen LogP contribution in [0, 0.1) is 24.0 Å². The molecule has 11 nitrogen and oxygen atoms in total. The highest BCUT2D eigenvalue weighted by atomic mass is 16.6. The van der Waals surface area contributed by atoms with Crippen LogP contribution in [0.25, 0.3) is 5.95 Å². The van der Waals surface area contributed by atoms with Crippen LogP contribution >= 0.6 is 0 Å². The molecule has 3 rings (SSSR count). The summed E-state index contributed by atoms with van der Waals surface area (Å²) in [7, 11) is 0. The third kappa shape index (κ3) is 3.61. The number of aromatic hydroxyl groups is 1. The van der Waals surface area contributed by atoms with Crippen molar-refractivity contribution >= 4 is 11.9 Å². The Morgan fingerprint density at radius 1 is 1.37 bits per heavy atom. The normalized spacial score (nSPS) is 11.2. The van der Waals surface area contributed by atoms with Crippen LogP contribution in [-0.4, -0.2) is 47.5 Å². The summed E-state index contributed by atoms with van der Waals surface area (Å²) in [6, 6.07) is 4.55. The zero-order valence-electron chi connectivity index (χ0n) is 14.9. The Labute approximate surface area is 153 Å². The molecule has 0 radical (unpaired) electrons. The molecule has 1 N–H and O–H groups in total. The molecule has 1 aromatic carbocycles. The largest absolute Gasteiger partial charge is 0.500 e. The van der Waals surface area contributed by atoms with E-state index in [2.05, 4.69) is 20.4 Å². The number of rotatable bonds is 6. The summed E-state index contributed by atoms with van der Waals surface area (Å²) in [6.45, 7) is 5.70. The number of ether oxygens (including phenoxy) is 1. The average molecular weight is 371 g/mol. The van der Waals surface area contributed by atoms with Gasteiger partial charge in [-0.2, -0.15) is 14.9 Å². The summed E-state index contributed by atoms with van der Waals surface area (Å²) in [6.07, 6.45) is 2.77. The van der Waals surface area contributed by atoms with E-state index >= 15 is 0 Å². The van der Waals surface area contributed by atoms with Crippen LogP contribution in [0.15, 0.2) is 29.6 Å². The van der Waals surface area contributed by atoms with Crippen LogP contribution in [-0.2, 0) is 0 Å². The Morgan fingerprint density at radius 3 is 2.78 bits per heavy atom. The number of hydrogen-bond acceptors (Lipinski definition) is 8. The molecular weight excluding hydrogens is 354 g/mol. The highest BCUT2D eigenvalue weighted by Gasteiger charge is 2.20. The zero-order valence-corrected chi connectivity index (χ0v) is 14.9. The Hall–Kier alpha value is -3.76. The number of hydrogen-bond donors (Lipinski definition) is 1. The molecule has 0 aliphatic rings. The van der Waals surface area contributed by atoms with Crippen molar-refractivity contribution in [2.75, 3.05) is 6.61 Å². The molecule has 0 bridgehead atoms. The van der Waals surface area contributed by atoms with Gasteiger partial charge in [-0.1, -0.05) is 0 Å². The number of phenolic OH excluding ortho intramolecular Hbond substituents is 1. The molecular formula is C16H17N7O4. The molecule has 0 aliphatic heterocycles. The molecule has 27 heavy (non-hydrogen) atoms. The minimum absolute atomic E-state index is 0.00988. The van der Waals surface area contributed by atoms with Crippen LogP contribution in [0.1, 0.15) is 23.9 Å². The first-order chi connectivity index (χ1) is 12.9. The molecule has 0 amide bonds. The van der Waals surface area contributed by atoms with Gasteiger partial charge in [0.2, 0.25) is 5.75 Å². The highest BCUT2D eigenvalue weighted by Crippen LogP contribution is 2.36. The van der Waals surface area contributed by atoms with Crippen molar-refractivity contribution in [1.82, 2.24) is 24.7 Å². The van der Waals surface area contributed by atoms with Gasteiger partial charge in [0, 0.05) is 17.3 Å². The second-order valence-electron chi connectivity index (χ2n) is 5.64. The second-order valence-corrected chi connectivity index (χ2v) is 5.64. The maximum Gasteiger partial charge on any atom is 0.315 e. The van der Waals surface area contributed by atoms with Crippen molar-refractivity contribution in [3.05, 3.63) is 51.6 Å². The van der Waals surface area contributed by atoms with Gasteiger partial charge < -0.3 is 9.84 Å². The quantitative estimate of drug-likeness (QED) is 0.398. The van der Waals surface area contributed by atoms with Gasteiger partial charge >= 0.3 is 5.69 Å². The van der Waals surface area contributed by atoms with Crippen molar-refractivity contribution in [2.45, 2.75) is 20.8 Å². The van der Waals surface area contributed by atoms with E-state index in [0.717, 1.165) is 11.4 Å². The first kappa shape index (κ1) is 18.0. The summed E-state index contributed by atoms with van der Waals surface area (Å²) in [5.41, 5.74) is 1.58. The summed E-state index contributed by atoms with van der Waals surface area (Å²) in [5, 5.41) is 37.5. The van der Waals surface area contributed by atoms with E-state index in [-0.39, 0.29) is 12.4 Å². The summed E-state index contributed by atoms with van der Waals surface area (Å²) >= 11 is 0. The fourth-order valence-electron chi connectivity index (χ4n) is 2.50. The number of aryl methyl sites for hydroxylation is 2.